The minimum Gasteiger partial charge on any atom is -0.374 e. The molecule has 17 heavy (non-hydrogen) atoms. The van der Waals surface area contributed by atoms with Crippen LogP contribution >= 0.6 is 0 Å². The molecule has 0 aliphatic carbocycles. The summed E-state index contributed by atoms with van der Waals surface area (Å²) in [7, 11) is 4.99. The Hall–Kier alpha value is -0.900. The maximum atomic E-state index is 5.48. The number of rotatable bonds is 5. The van der Waals surface area contributed by atoms with Crippen molar-refractivity contribution in [2.45, 2.75) is 32.7 Å². The predicted octanol–water partition coefficient (Wildman–Crippen LogP) is 3.17. The molecule has 0 saturated carbocycles. The molecule has 3 nitrogen and oxygen atoms in total. The zero-order valence-electron chi connectivity index (χ0n) is 11.5. The highest BCUT2D eigenvalue weighted by atomic mass is 16.7. The molecule has 0 amide bonds. The number of ether oxygens (including phenoxy) is 3. The molecule has 1 rings (SSSR count). The Balaban J connectivity index is 3.19. The molecule has 0 aliphatic heterocycles. The standard InChI is InChI=1S/C14H22O3/c1-10-7-8-11(14(2,3)17-6)9-12(10)13(15-4)16-5/h7-9,13H,1-6H3. The third-order valence-corrected chi connectivity index (χ3v) is 3.17. The van der Waals surface area contributed by atoms with Gasteiger partial charge in [-0.3, -0.25) is 0 Å². The molecular formula is C14H22O3. The highest BCUT2D eigenvalue weighted by molar-refractivity contribution is 5.34. The second-order valence-electron chi connectivity index (χ2n) is 4.59. The summed E-state index contributed by atoms with van der Waals surface area (Å²) in [6, 6.07) is 6.22. The van der Waals surface area contributed by atoms with Gasteiger partial charge < -0.3 is 14.2 Å². The number of hydrogen-bond donors (Lipinski definition) is 0. The number of methoxy groups -OCH3 is 3. The van der Waals surface area contributed by atoms with Crippen LogP contribution in [0.1, 0.15) is 36.8 Å². The zero-order chi connectivity index (χ0) is 13.1. The van der Waals surface area contributed by atoms with E-state index < -0.39 is 0 Å². The van der Waals surface area contributed by atoms with Gasteiger partial charge in [-0.15, -0.1) is 0 Å². The van der Waals surface area contributed by atoms with E-state index >= 15 is 0 Å². The van der Waals surface area contributed by atoms with E-state index in [0.29, 0.717) is 0 Å². The lowest BCUT2D eigenvalue weighted by Gasteiger charge is -2.26. The van der Waals surface area contributed by atoms with Crippen LogP contribution in [-0.4, -0.2) is 21.3 Å². The second kappa shape index (κ2) is 5.63. The lowest BCUT2D eigenvalue weighted by atomic mass is 9.94. The summed E-state index contributed by atoms with van der Waals surface area (Å²) in [5.74, 6) is 0. The fourth-order valence-corrected chi connectivity index (χ4v) is 1.74. The maximum Gasteiger partial charge on any atom is 0.183 e. The van der Waals surface area contributed by atoms with Gasteiger partial charge in [-0.05, 0) is 38.0 Å². The molecule has 0 fully saturated rings. The van der Waals surface area contributed by atoms with Gasteiger partial charge >= 0.3 is 0 Å². The number of benzene rings is 1. The van der Waals surface area contributed by atoms with Gasteiger partial charge in [0.15, 0.2) is 6.29 Å². The van der Waals surface area contributed by atoms with Crippen molar-refractivity contribution in [1.29, 1.82) is 0 Å². The molecule has 1 aromatic carbocycles. The van der Waals surface area contributed by atoms with Crippen LogP contribution in [-0.2, 0) is 19.8 Å². The zero-order valence-corrected chi connectivity index (χ0v) is 11.5. The predicted molar refractivity (Wildman–Crippen MR) is 68.0 cm³/mol. The van der Waals surface area contributed by atoms with Crippen LogP contribution in [0.3, 0.4) is 0 Å². The van der Waals surface area contributed by atoms with Crippen molar-refractivity contribution in [1.82, 2.24) is 0 Å². The SMILES string of the molecule is COC(OC)c1cc(C(C)(C)OC)ccc1C. The topological polar surface area (TPSA) is 27.7 Å². The van der Waals surface area contributed by atoms with E-state index in [9.17, 15) is 0 Å². The molecule has 96 valence electrons. The fraction of sp³-hybridized carbons (Fsp3) is 0.571. The molecule has 1 aromatic rings. The number of hydrogen-bond acceptors (Lipinski definition) is 3. The summed E-state index contributed by atoms with van der Waals surface area (Å²) in [4.78, 5) is 0. The monoisotopic (exact) mass is 238 g/mol. The molecule has 0 atom stereocenters. The number of aryl methyl sites for hydroxylation is 1. The Morgan fingerprint density at radius 2 is 1.65 bits per heavy atom. The minimum atomic E-state index is -0.331. The average Bonchev–Trinajstić information content (AvgIpc) is 2.32. The molecule has 0 radical (unpaired) electrons. The quantitative estimate of drug-likeness (QED) is 0.737. The largest absolute Gasteiger partial charge is 0.374 e. The van der Waals surface area contributed by atoms with Crippen molar-refractivity contribution in [2.24, 2.45) is 0 Å². The van der Waals surface area contributed by atoms with E-state index in [2.05, 4.69) is 18.2 Å². The van der Waals surface area contributed by atoms with Crippen LogP contribution in [0.15, 0.2) is 18.2 Å². The first kappa shape index (κ1) is 14.2. The van der Waals surface area contributed by atoms with Crippen LogP contribution in [0.2, 0.25) is 0 Å². The molecule has 0 unspecified atom stereocenters. The van der Waals surface area contributed by atoms with E-state index in [1.54, 1.807) is 21.3 Å². The van der Waals surface area contributed by atoms with Crippen LogP contribution in [0.4, 0.5) is 0 Å². The molecule has 0 bridgehead atoms. The van der Waals surface area contributed by atoms with E-state index in [0.717, 1.165) is 16.7 Å². The lowest BCUT2D eigenvalue weighted by molar-refractivity contribution is -0.106. The van der Waals surface area contributed by atoms with Crippen molar-refractivity contribution < 1.29 is 14.2 Å². The summed E-state index contributed by atoms with van der Waals surface area (Å²) in [6.07, 6.45) is -0.331. The molecule has 0 N–H and O–H groups in total. The Labute approximate surface area is 104 Å². The molecule has 0 aliphatic rings. The lowest BCUT2D eigenvalue weighted by Crippen LogP contribution is -2.20. The maximum absolute atomic E-state index is 5.48. The normalized spacial score (nSPS) is 12.2. The second-order valence-corrected chi connectivity index (χ2v) is 4.59. The summed E-state index contributed by atoms with van der Waals surface area (Å²) in [5.41, 5.74) is 2.99. The van der Waals surface area contributed by atoms with E-state index in [4.69, 9.17) is 14.2 Å². The third-order valence-electron chi connectivity index (χ3n) is 3.17. The average molecular weight is 238 g/mol. The van der Waals surface area contributed by atoms with E-state index in [1.165, 1.54) is 0 Å². The molecule has 0 saturated heterocycles. The van der Waals surface area contributed by atoms with Gasteiger partial charge in [-0.1, -0.05) is 12.1 Å². The third kappa shape index (κ3) is 3.06. The van der Waals surface area contributed by atoms with Crippen LogP contribution in [0.25, 0.3) is 0 Å². The van der Waals surface area contributed by atoms with Gasteiger partial charge in [0.2, 0.25) is 0 Å². The van der Waals surface area contributed by atoms with E-state index in [-0.39, 0.29) is 11.9 Å². The highest BCUT2D eigenvalue weighted by Crippen LogP contribution is 2.29. The van der Waals surface area contributed by atoms with E-state index in [1.807, 2.05) is 20.8 Å². The first-order valence-electron chi connectivity index (χ1n) is 5.68. The van der Waals surface area contributed by atoms with Gasteiger partial charge in [-0.25, -0.2) is 0 Å². The van der Waals surface area contributed by atoms with Crippen LogP contribution in [0, 0.1) is 6.92 Å². The summed E-state index contributed by atoms with van der Waals surface area (Å²) < 4.78 is 16.1. The fourth-order valence-electron chi connectivity index (χ4n) is 1.74. The molecule has 0 aromatic heterocycles. The smallest absolute Gasteiger partial charge is 0.183 e. The van der Waals surface area contributed by atoms with Gasteiger partial charge in [0.25, 0.3) is 0 Å². The first-order chi connectivity index (χ1) is 7.96. The molecule has 0 heterocycles. The first-order valence-corrected chi connectivity index (χ1v) is 5.68. The van der Waals surface area contributed by atoms with Gasteiger partial charge in [0.1, 0.15) is 0 Å². The highest BCUT2D eigenvalue weighted by Gasteiger charge is 2.22. The van der Waals surface area contributed by atoms with Crippen molar-refractivity contribution in [3.05, 3.63) is 34.9 Å². The Morgan fingerprint density at radius 3 is 2.12 bits per heavy atom. The minimum absolute atomic E-state index is 0.311. The molecule has 0 spiro atoms. The summed E-state index contributed by atoms with van der Waals surface area (Å²) in [5, 5.41) is 0. The Morgan fingerprint density at radius 1 is 1.06 bits per heavy atom. The van der Waals surface area contributed by atoms with Gasteiger partial charge in [0, 0.05) is 26.9 Å². The van der Waals surface area contributed by atoms with Crippen molar-refractivity contribution in [2.75, 3.05) is 21.3 Å². The summed E-state index contributed by atoms with van der Waals surface area (Å²) >= 11 is 0. The molecular weight excluding hydrogens is 216 g/mol. The molecule has 3 heteroatoms. The van der Waals surface area contributed by atoms with Crippen molar-refractivity contribution >= 4 is 0 Å². The summed E-state index contributed by atoms with van der Waals surface area (Å²) in [6.45, 7) is 6.12. The van der Waals surface area contributed by atoms with Gasteiger partial charge in [0.05, 0.1) is 5.60 Å². The van der Waals surface area contributed by atoms with Crippen LogP contribution in [0.5, 0.6) is 0 Å². The van der Waals surface area contributed by atoms with Crippen molar-refractivity contribution in [3.8, 4) is 0 Å². The Kier molecular flexibility index (Phi) is 4.69. The Bertz CT molecular complexity index is 368. The van der Waals surface area contributed by atoms with Crippen molar-refractivity contribution in [3.63, 3.8) is 0 Å². The van der Waals surface area contributed by atoms with Gasteiger partial charge in [-0.2, -0.15) is 0 Å². The van der Waals surface area contributed by atoms with Crippen LogP contribution < -0.4 is 0 Å².